The number of nitrogens with two attached hydrogens (primary N) is 1. The van der Waals surface area contributed by atoms with Crippen molar-refractivity contribution in [3.05, 3.63) is 82.1 Å². The second kappa shape index (κ2) is 11.9. The zero-order valence-electron chi connectivity index (χ0n) is 25.8. The second-order valence-electron chi connectivity index (χ2n) is 12.0. The van der Waals surface area contributed by atoms with Gasteiger partial charge in [0.2, 0.25) is 21.8 Å². The molecule has 3 aromatic rings. The third-order valence-electron chi connectivity index (χ3n) is 8.44. The summed E-state index contributed by atoms with van der Waals surface area (Å²) < 4.78 is 26.6. The standard InChI is InChI=1S/C31H35N5O8S2/c1-31(2)25(30(41)42)36-28(40)24(29(36)45-31)35(27(39)23(32)18-6-11-20(37)12-7-18)16-19-10-15-22(34(5)26(19)38)17-8-13-21(14-9-17)46(43,44)33(3)4/h6-15,23-25,29,37H,16,32H2,1-5H3,(H,41,42)/t23?,24-,25+,29-/m1/s1. The number of β-lactam (4-membered cyclic amide) rings is 1. The molecule has 13 nitrogen and oxygen atoms in total. The Morgan fingerprint density at radius 1 is 1.02 bits per heavy atom. The summed E-state index contributed by atoms with van der Waals surface area (Å²) in [4.78, 5) is 56.0. The Balaban J connectivity index is 1.50. The highest BCUT2D eigenvalue weighted by Crippen LogP contribution is 2.52. The zero-order valence-corrected chi connectivity index (χ0v) is 27.4. The fourth-order valence-corrected chi connectivity index (χ4v) is 8.48. The van der Waals surface area contributed by atoms with Gasteiger partial charge in [0.15, 0.2) is 0 Å². The van der Waals surface area contributed by atoms with Gasteiger partial charge in [-0.1, -0.05) is 24.3 Å². The Hall–Kier alpha value is -4.18. The van der Waals surface area contributed by atoms with Crippen molar-refractivity contribution in [3.8, 4) is 17.0 Å². The average molecular weight is 670 g/mol. The zero-order chi connectivity index (χ0) is 33.9. The number of phenols is 1. The number of carboxylic acid groups (broad SMARTS) is 1. The molecular formula is C31H35N5O8S2. The van der Waals surface area contributed by atoms with Gasteiger partial charge in [0.05, 0.1) is 17.1 Å². The summed E-state index contributed by atoms with van der Waals surface area (Å²) in [5.74, 6) is -2.37. The molecule has 2 amide bonds. The number of aliphatic carboxylic acids is 1. The van der Waals surface area contributed by atoms with E-state index in [-0.39, 0.29) is 22.8 Å². The quantitative estimate of drug-likeness (QED) is 0.283. The lowest BCUT2D eigenvalue weighted by atomic mass is 9.94. The molecule has 15 heteroatoms. The Kier molecular flexibility index (Phi) is 8.57. The fourth-order valence-electron chi connectivity index (χ4n) is 5.89. The molecule has 2 aliphatic rings. The molecule has 46 heavy (non-hydrogen) atoms. The molecule has 1 unspecified atom stereocenters. The van der Waals surface area contributed by atoms with Crippen molar-refractivity contribution in [3.63, 3.8) is 0 Å². The highest BCUT2D eigenvalue weighted by Gasteiger charge is 2.66. The Morgan fingerprint density at radius 2 is 1.63 bits per heavy atom. The van der Waals surface area contributed by atoms with Crippen molar-refractivity contribution >= 4 is 39.6 Å². The van der Waals surface area contributed by atoms with E-state index in [2.05, 4.69) is 0 Å². The number of benzene rings is 2. The largest absolute Gasteiger partial charge is 0.508 e. The van der Waals surface area contributed by atoms with Crippen LogP contribution in [0.25, 0.3) is 11.3 Å². The number of fused-ring (bicyclic) bond motifs is 1. The predicted molar refractivity (Wildman–Crippen MR) is 171 cm³/mol. The number of carbonyl (C=O) groups excluding carboxylic acids is 2. The van der Waals surface area contributed by atoms with Crippen molar-refractivity contribution in [2.45, 2.75) is 53.5 Å². The lowest BCUT2D eigenvalue weighted by Crippen LogP contribution is -2.71. The molecule has 4 N–H and O–H groups in total. The van der Waals surface area contributed by atoms with Crippen molar-refractivity contribution in [1.82, 2.24) is 18.7 Å². The lowest BCUT2D eigenvalue weighted by molar-refractivity contribution is -0.169. The van der Waals surface area contributed by atoms with Crippen LogP contribution in [0.5, 0.6) is 5.75 Å². The van der Waals surface area contributed by atoms with Crippen LogP contribution in [0.4, 0.5) is 0 Å². The van der Waals surface area contributed by atoms with Crippen LogP contribution in [0, 0.1) is 0 Å². The average Bonchev–Trinajstić information content (AvgIpc) is 3.25. The summed E-state index contributed by atoms with van der Waals surface area (Å²) in [5.41, 5.74) is 7.56. The van der Waals surface area contributed by atoms with Crippen LogP contribution in [0.1, 0.15) is 31.0 Å². The minimum absolute atomic E-state index is 0.0214. The monoisotopic (exact) mass is 669 g/mol. The van der Waals surface area contributed by atoms with Crippen LogP contribution in [-0.4, -0.2) is 91.4 Å². The van der Waals surface area contributed by atoms with Crippen LogP contribution in [0.2, 0.25) is 0 Å². The van der Waals surface area contributed by atoms with E-state index in [1.807, 2.05) is 0 Å². The van der Waals surface area contributed by atoms with Crippen molar-refractivity contribution in [1.29, 1.82) is 0 Å². The third-order valence-corrected chi connectivity index (χ3v) is 11.8. The number of hydrogen-bond acceptors (Lipinski definition) is 9. The van der Waals surface area contributed by atoms with Gasteiger partial charge in [-0.2, -0.15) is 0 Å². The van der Waals surface area contributed by atoms with Gasteiger partial charge in [0.25, 0.3) is 5.56 Å². The third kappa shape index (κ3) is 5.57. The first kappa shape index (κ1) is 33.2. The summed E-state index contributed by atoms with van der Waals surface area (Å²) in [7, 11) is 0.767. The first-order valence-corrected chi connectivity index (χ1v) is 16.6. The van der Waals surface area contributed by atoms with Crippen LogP contribution in [0.15, 0.2) is 70.4 Å². The predicted octanol–water partition coefficient (Wildman–Crippen LogP) is 1.55. The molecule has 244 valence electrons. The van der Waals surface area contributed by atoms with Crippen LogP contribution in [-0.2, 0) is 38.0 Å². The lowest BCUT2D eigenvalue weighted by Gasteiger charge is -2.48. The number of rotatable bonds is 9. The van der Waals surface area contributed by atoms with E-state index in [9.17, 15) is 37.8 Å². The Labute approximate surface area is 270 Å². The number of aromatic hydroxyl groups is 1. The van der Waals surface area contributed by atoms with Crippen molar-refractivity contribution < 1.29 is 33.0 Å². The highest BCUT2D eigenvalue weighted by atomic mass is 32.2. The maximum Gasteiger partial charge on any atom is 0.327 e. The van der Waals surface area contributed by atoms with Crippen molar-refractivity contribution in [2.75, 3.05) is 14.1 Å². The van der Waals surface area contributed by atoms with E-state index in [0.717, 1.165) is 4.31 Å². The van der Waals surface area contributed by atoms with Gasteiger partial charge in [-0.3, -0.25) is 14.4 Å². The molecule has 0 saturated carbocycles. The number of hydrogen-bond donors (Lipinski definition) is 3. The molecule has 2 aromatic carbocycles. The first-order valence-electron chi connectivity index (χ1n) is 14.3. The number of amides is 2. The molecule has 0 bridgehead atoms. The Morgan fingerprint density at radius 3 is 2.20 bits per heavy atom. The minimum atomic E-state index is -3.64. The number of phenolic OH excluding ortho intramolecular Hbond substituents is 1. The molecule has 2 saturated heterocycles. The molecule has 0 radical (unpaired) electrons. The number of aromatic nitrogens is 1. The number of nitrogens with zero attached hydrogens (tertiary/aromatic N) is 4. The molecule has 3 heterocycles. The number of thioether (sulfide) groups is 1. The molecule has 2 aliphatic heterocycles. The van der Waals surface area contributed by atoms with E-state index in [1.165, 1.54) is 76.6 Å². The summed E-state index contributed by atoms with van der Waals surface area (Å²) in [6.45, 7) is 3.17. The van der Waals surface area contributed by atoms with Crippen molar-refractivity contribution in [2.24, 2.45) is 12.8 Å². The SMILES string of the molecule is CN(C)S(=O)(=O)c1ccc(-c2ccc(CN(C(=O)C(N)c3ccc(O)cc3)[C@@H]3C(=O)N4[C@@H]3SC(C)(C)[C@@H]4C(=O)O)c(=O)n2C)cc1. The van der Waals surface area contributed by atoms with E-state index in [1.54, 1.807) is 45.2 Å². The molecular weight excluding hydrogens is 635 g/mol. The topological polar surface area (TPSA) is 184 Å². The number of carboxylic acids is 1. The highest BCUT2D eigenvalue weighted by molar-refractivity contribution is 8.01. The maximum absolute atomic E-state index is 14.0. The van der Waals surface area contributed by atoms with Gasteiger partial charge in [-0.25, -0.2) is 17.5 Å². The van der Waals surface area contributed by atoms with Gasteiger partial charge in [0, 0.05) is 31.5 Å². The maximum atomic E-state index is 14.0. The molecule has 1 aromatic heterocycles. The number of carbonyl (C=O) groups is 3. The number of sulfonamides is 1. The fraction of sp³-hybridized carbons (Fsp3) is 0.355. The molecule has 4 atom stereocenters. The minimum Gasteiger partial charge on any atom is -0.508 e. The molecule has 0 spiro atoms. The van der Waals surface area contributed by atoms with Gasteiger partial charge in [0.1, 0.15) is 29.2 Å². The summed E-state index contributed by atoms with van der Waals surface area (Å²) in [6, 6.07) is 11.6. The Bertz CT molecular complexity index is 1870. The molecule has 0 aliphatic carbocycles. The van der Waals surface area contributed by atoms with E-state index < -0.39 is 61.6 Å². The van der Waals surface area contributed by atoms with Gasteiger partial charge in [-0.15, -0.1) is 11.8 Å². The van der Waals surface area contributed by atoms with E-state index >= 15 is 0 Å². The summed E-state index contributed by atoms with van der Waals surface area (Å²) >= 11 is 1.27. The van der Waals surface area contributed by atoms with Crippen LogP contribution >= 0.6 is 11.8 Å². The van der Waals surface area contributed by atoms with Crippen LogP contribution in [0.3, 0.4) is 0 Å². The van der Waals surface area contributed by atoms with Gasteiger partial charge in [-0.05, 0) is 61.4 Å². The van der Waals surface area contributed by atoms with Gasteiger partial charge < -0.3 is 30.3 Å². The van der Waals surface area contributed by atoms with Gasteiger partial charge >= 0.3 is 5.97 Å². The first-order chi connectivity index (χ1) is 21.5. The van der Waals surface area contributed by atoms with E-state index in [4.69, 9.17) is 5.73 Å². The smallest absolute Gasteiger partial charge is 0.327 e. The summed E-state index contributed by atoms with van der Waals surface area (Å²) in [5, 5.41) is 18.9. The van der Waals surface area contributed by atoms with E-state index in [0.29, 0.717) is 16.8 Å². The second-order valence-corrected chi connectivity index (χ2v) is 15.9. The number of pyridine rings is 1. The normalized spacial score (nSPS) is 21.1. The molecule has 5 rings (SSSR count). The summed E-state index contributed by atoms with van der Waals surface area (Å²) in [6.07, 6.45) is 0. The van der Waals surface area contributed by atoms with Crippen LogP contribution < -0.4 is 11.3 Å². The molecule has 2 fully saturated rings.